The van der Waals surface area contributed by atoms with Crippen molar-refractivity contribution in [3.05, 3.63) is 100 Å². The van der Waals surface area contributed by atoms with Crippen LogP contribution < -0.4 is 15.0 Å². The van der Waals surface area contributed by atoms with Gasteiger partial charge in [0.2, 0.25) is 11.7 Å². The number of ether oxygens (including phenoxy) is 1. The first-order valence-electron chi connectivity index (χ1n) is 12.2. The predicted octanol–water partition coefficient (Wildman–Crippen LogP) is 4.40. The van der Waals surface area contributed by atoms with Crippen LogP contribution in [-0.4, -0.2) is 39.1 Å². The van der Waals surface area contributed by atoms with E-state index >= 15 is 0 Å². The number of rotatable bonds is 10. The van der Waals surface area contributed by atoms with Crippen molar-refractivity contribution in [3.8, 4) is 17.3 Å². The van der Waals surface area contributed by atoms with Gasteiger partial charge in [-0.25, -0.2) is 0 Å². The molecule has 0 saturated heterocycles. The number of carbonyl (C=O) groups excluding carboxylic acids is 2. The molecule has 1 atom stereocenters. The van der Waals surface area contributed by atoms with Crippen LogP contribution in [0.25, 0.3) is 11.6 Å². The van der Waals surface area contributed by atoms with E-state index in [9.17, 15) is 9.59 Å². The smallest absolute Gasteiger partial charge is 0.251 e. The summed E-state index contributed by atoms with van der Waals surface area (Å²) in [4.78, 5) is 31.0. The van der Waals surface area contributed by atoms with Crippen LogP contribution in [0.2, 0.25) is 0 Å². The van der Waals surface area contributed by atoms with Gasteiger partial charge in [0.05, 0.1) is 7.11 Å². The third-order valence-electron chi connectivity index (χ3n) is 5.94. The minimum atomic E-state index is -0.926. The van der Waals surface area contributed by atoms with Gasteiger partial charge >= 0.3 is 0 Å². The standard InChI is InChI=1S/C28H26N6O4S/c1-19-10-15-23(38-19)27-30-32-33(31-27)18-25(35)34(21-11-13-22(37-2)14-12-21)26(24-9-6-16-39-24)28(36)29-17-20-7-4-3-5-8-20/h3-16,26H,17-18H2,1-2H3,(H,29,36)/t26-/m0/s1. The monoisotopic (exact) mass is 542 g/mol. The zero-order valence-corrected chi connectivity index (χ0v) is 22.2. The number of hydrogen-bond donors (Lipinski definition) is 1. The molecule has 0 radical (unpaired) electrons. The minimum Gasteiger partial charge on any atom is -0.497 e. The van der Waals surface area contributed by atoms with Crippen molar-refractivity contribution in [1.29, 1.82) is 0 Å². The SMILES string of the molecule is COc1ccc(N(C(=O)Cn2nnc(-c3ccc(C)o3)n2)[C@H](C(=O)NCc2ccccc2)c2cccs2)cc1. The quantitative estimate of drug-likeness (QED) is 0.278. The summed E-state index contributed by atoms with van der Waals surface area (Å²) in [5, 5.41) is 17.2. The number of benzene rings is 2. The molecule has 0 aliphatic rings. The van der Waals surface area contributed by atoms with E-state index in [0.717, 1.165) is 5.56 Å². The lowest BCUT2D eigenvalue weighted by Crippen LogP contribution is -2.45. The minimum absolute atomic E-state index is 0.243. The Morgan fingerprint density at radius 3 is 2.51 bits per heavy atom. The van der Waals surface area contributed by atoms with E-state index in [4.69, 9.17) is 9.15 Å². The Kier molecular flexibility index (Phi) is 7.78. The molecule has 3 aromatic heterocycles. The van der Waals surface area contributed by atoms with Crippen molar-refractivity contribution in [1.82, 2.24) is 25.5 Å². The molecule has 5 aromatic rings. The van der Waals surface area contributed by atoms with Crippen molar-refractivity contribution in [2.75, 3.05) is 12.0 Å². The summed E-state index contributed by atoms with van der Waals surface area (Å²) in [5.41, 5.74) is 1.47. The zero-order valence-electron chi connectivity index (χ0n) is 21.4. The number of furan rings is 1. The van der Waals surface area contributed by atoms with Gasteiger partial charge in [0.1, 0.15) is 24.1 Å². The van der Waals surface area contributed by atoms with Crippen molar-refractivity contribution >= 4 is 28.8 Å². The summed E-state index contributed by atoms with van der Waals surface area (Å²) in [5.74, 6) is 1.35. The van der Waals surface area contributed by atoms with Crippen molar-refractivity contribution in [3.63, 3.8) is 0 Å². The number of anilines is 1. The van der Waals surface area contributed by atoms with Crippen molar-refractivity contribution in [2.24, 2.45) is 0 Å². The van der Waals surface area contributed by atoms with E-state index < -0.39 is 11.9 Å². The fourth-order valence-corrected chi connectivity index (χ4v) is 4.86. The van der Waals surface area contributed by atoms with Crippen LogP contribution in [0.15, 0.2) is 88.7 Å². The van der Waals surface area contributed by atoms with Crippen LogP contribution in [0.1, 0.15) is 22.2 Å². The number of aryl methyl sites for hydroxylation is 1. The zero-order chi connectivity index (χ0) is 27.2. The summed E-state index contributed by atoms with van der Waals surface area (Å²) < 4.78 is 10.9. The molecular formula is C28H26N6O4S. The lowest BCUT2D eigenvalue weighted by molar-refractivity contribution is -0.127. The van der Waals surface area contributed by atoms with Crippen LogP contribution in [0.4, 0.5) is 5.69 Å². The molecule has 39 heavy (non-hydrogen) atoms. The highest BCUT2D eigenvalue weighted by atomic mass is 32.1. The molecule has 3 heterocycles. The molecule has 2 aromatic carbocycles. The summed E-state index contributed by atoms with van der Waals surface area (Å²) in [7, 11) is 1.57. The average Bonchev–Trinajstić information content (AvgIpc) is 3.74. The van der Waals surface area contributed by atoms with Gasteiger partial charge in [-0.05, 0) is 65.5 Å². The Morgan fingerprint density at radius 2 is 1.85 bits per heavy atom. The van der Waals surface area contributed by atoms with Gasteiger partial charge in [0, 0.05) is 17.1 Å². The van der Waals surface area contributed by atoms with Gasteiger partial charge in [-0.1, -0.05) is 36.4 Å². The fraction of sp³-hybridized carbons (Fsp3) is 0.179. The van der Waals surface area contributed by atoms with Crippen molar-refractivity contribution in [2.45, 2.75) is 26.1 Å². The number of nitrogens with zero attached hydrogens (tertiary/aromatic N) is 5. The second-order valence-electron chi connectivity index (χ2n) is 8.64. The molecular weight excluding hydrogens is 516 g/mol. The maximum absolute atomic E-state index is 13.9. The van der Waals surface area contributed by atoms with E-state index in [1.54, 1.807) is 43.5 Å². The maximum atomic E-state index is 13.9. The third kappa shape index (κ3) is 6.04. The Labute approximate surface area is 228 Å². The molecule has 0 bridgehead atoms. The number of methoxy groups -OCH3 is 1. The van der Waals surface area contributed by atoms with E-state index in [1.165, 1.54) is 21.0 Å². The molecule has 0 fully saturated rings. The average molecular weight is 543 g/mol. The summed E-state index contributed by atoms with van der Waals surface area (Å²) in [6, 6.07) is 22.9. The highest BCUT2D eigenvalue weighted by Gasteiger charge is 2.34. The van der Waals surface area contributed by atoms with Gasteiger partial charge in [-0.15, -0.1) is 21.5 Å². The van der Waals surface area contributed by atoms with Crippen LogP contribution in [0, 0.1) is 6.92 Å². The second-order valence-corrected chi connectivity index (χ2v) is 9.62. The van der Waals surface area contributed by atoms with Gasteiger partial charge in [-0.3, -0.25) is 14.5 Å². The van der Waals surface area contributed by atoms with Crippen LogP contribution in [0.5, 0.6) is 5.75 Å². The summed E-state index contributed by atoms with van der Waals surface area (Å²) >= 11 is 1.40. The van der Waals surface area contributed by atoms with Crippen LogP contribution in [-0.2, 0) is 22.7 Å². The summed E-state index contributed by atoms with van der Waals surface area (Å²) in [6.07, 6.45) is 0. The number of amides is 2. The van der Waals surface area contributed by atoms with Gasteiger partial charge in [0.15, 0.2) is 5.76 Å². The number of hydrogen-bond acceptors (Lipinski definition) is 8. The number of carbonyl (C=O) groups is 2. The summed E-state index contributed by atoms with van der Waals surface area (Å²) in [6.45, 7) is 1.90. The van der Waals surface area contributed by atoms with Gasteiger partial charge in [-0.2, -0.15) is 4.80 Å². The normalized spacial score (nSPS) is 11.6. The molecule has 2 amide bonds. The molecule has 1 N–H and O–H groups in total. The van der Waals surface area contributed by atoms with E-state index in [2.05, 4.69) is 20.7 Å². The van der Waals surface area contributed by atoms with Gasteiger partial charge in [0.25, 0.3) is 5.91 Å². The highest BCUT2D eigenvalue weighted by Crippen LogP contribution is 2.32. The molecule has 0 spiro atoms. The topological polar surface area (TPSA) is 115 Å². The number of aromatic nitrogens is 4. The molecule has 0 unspecified atom stereocenters. The highest BCUT2D eigenvalue weighted by molar-refractivity contribution is 7.10. The molecule has 5 rings (SSSR count). The number of tetrazole rings is 1. The van der Waals surface area contributed by atoms with E-state index in [0.29, 0.717) is 34.4 Å². The Bertz CT molecular complexity index is 1530. The first-order valence-corrected chi connectivity index (χ1v) is 13.1. The largest absolute Gasteiger partial charge is 0.497 e. The molecule has 11 heteroatoms. The first kappa shape index (κ1) is 25.9. The molecule has 0 saturated carbocycles. The van der Waals surface area contributed by atoms with E-state index in [1.807, 2.05) is 54.8 Å². The van der Waals surface area contributed by atoms with Gasteiger partial charge < -0.3 is 14.5 Å². The third-order valence-corrected chi connectivity index (χ3v) is 6.86. The van der Waals surface area contributed by atoms with E-state index in [-0.39, 0.29) is 18.3 Å². The lowest BCUT2D eigenvalue weighted by Gasteiger charge is -2.30. The lowest BCUT2D eigenvalue weighted by atomic mass is 10.1. The fourth-order valence-electron chi connectivity index (χ4n) is 4.04. The second kappa shape index (κ2) is 11.7. The Morgan fingerprint density at radius 1 is 1.05 bits per heavy atom. The number of nitrogens with one attached hydrogen (secondary N) is 1. The molecule has 10 nitrogen and oxygen atoms in total. The van der Waals surface area contributed by atoms with Crippen LogP contribution in [0.3, 0.4) is 0 Å². The maximum Gasteiger partial charge on any atom is 0.251 e. The molecule has 198 valence electrons. The first-order chi connectivity index (χ1) is 19.0. The predicted molar refractivity (Wildman–Crippen MR) is 146 cm³/mol. The Balaban J connectivity index is 1.46. The number of thiophene rings is 1. The van der Waals surface area contributed by atoms with Crippen molar-refractivity contribution < 1.29 is 18.7 Å². The molecule has 0 aliphatic carbocycles. The molecule has 0 aliphatic heterocycles. The Hall–Kier alpha value is -4.77. The van der Waals surface area contributed by atoms with Crippen LogP contribution >= 0.6 is 11.3 Å².